The van der Waals surface area contributed by atoms with Crippen LogP contribution in [0.25, 0.3) is 11.3 Å². The SMILES string of the molecule is CC(C)(C)c1cc(-c2ccncc2)ncn1. The molecule has 0 N–H and O–H groups in total. The van der Waals surface area contributed by atoms with Crippen molar-refractivity contribution in [1.82, 2.24) is 15.0 Å². The van der Waals surface area contributed by atoms with Crippen molar-refractivity contribution in [3.8, 4) is 11.3 Å². The van der Waals surface area contributed by atoms with Crippen LogP contribution >= 0.6 is 0 Å². The number of hydrogen-bond donors (Lipinski definition) is 0. The Labute approximate surface area is 95.6 Å². The fourth-order valence-electron chi connectivity index (χ4n) is 1.45. The summed E-state index contributed by atoms with van der Waals surface area (Å²) in [6, 6.07) is 5.94. The van der Waals surface area contributed by atoms with Crippen molar-refractivity contribution in [2.75, 3.05) is 0 Å². The van der Waals surface area contributed by atoms with E-state index in [0.717, 1.165) is 17.0 Å². The predicted octanol–water partition coefficient (Wildman–Crippen LogP) is 2.84. The summed E-state index contributed by atoms with van der Waals surface area (Å²) in [6.45, 7) is 6.43. The van der Waals surface area contributed by atoms with E-state index in [1.54, 1.807) is 18.7 Å². The van der Waals surface area contributed by atoms with Crippen molar-refractivity contribution >= 4 is 0 Å². The Bertz CT molecular complexity index is 472. The Morgan fingerprint density at radius 1 is 1.00 bits per heavy atom. The number of rotatable bonds is 1. The van der Waals surface area contributed by atoms with Crippen LogP contribution in [-0.4, -0.2) is 15.0 Å². The van der Waals surface area contributed by atoms with E-state index >= 15 is 0 Å². The fourth-order valence-corrected chi connectivity index (χ4v) is 1.45. The third-order valence-corrected chi connectivity index (χ3v) is 2.41. The minimum atomic E-state index is 0.0463. The third kappa shape index (κ3) is 2.24. The molecule has 16 heavy (non-hydrogen) atoms. The monoisotopic (exact) mass is 213 g/mol. The molecule has 0 fully saturated rings. The van der Waals surface area contributed by atoms with Crippen LogP contribution in [0, 0.1) is 0 Å². The molecule has 0 aromatic carbocycles. The van der Waals surface area contributed by atoms with Gasteiger partial charge in [-0.05, 0) is 18.2 Å². The molecule has 2 aromatic heterocycles. The second-order valence-corrected chi connectivity index (χ2v) is 4.77. The average molecular weight is 213 g/mol. The number of pyridine rings is 1. The molecule has 2 aromatic rings. The van der Waals surface area contributed by atoms with E-state index in [2.05, 4.69) is 35.7 Å². The maximum atomic E-state index is 4.31. The average Bonchev–Trinajstić information content (AvgIpc) is 2.29. The van der Waals surface area contributed by atoms with Crippen molar-refractivity contribution in [2.24, 2.45) is 0 Å². The van der Waals surface area contributed by atoms with Gasteiger partial charge < -0.3 is 0 Å². The molecule has 82 valence electrons. The second kappa shape index (κ2) is 4.00. The highest BCUT2D eigenvalue weighted by Gasteiger charge is 2.16. The standard InChI is InChI=1S/C13H15N3/c1-13(2,3)12-8-11(15-9-16-12)10-4-6-14-7-5-10/h4-9H,1-3H3. The van der Waals surface area contributed by atoms with Crippen molar-refractivity contribution in [3.63, 3.8) is 0 Å². The van der Waals surface area contributed by atoms with E-state index in [9.17, 15) is 0 Å². The van der Waals surface area contributed by atoms with E-state index in [0.29, 0.717) is 0 Å². The first-order chi connectivity index (χ1) is 7.57. The van der Waals surface area contributed by atoms with E-state index in [1.807, 2.05) is 18.2 Å². The first-order valence-electron chi connectivity index (χ1n) is 5.30. The van der Waals surface area contributed by atoms with Crippen LogP contribution in [-0.2, 0) is 5.41 Å². The zero-order chi connectivity index (χ0) is 11.6. The van der Waals surface area contributed by atoms with Gasteiger partial charge in [0.25, 0.3) is 0 Å². The Morgan fingerprint density at radius 2 is 1.69 bits per heavy atom. The lowest BCUT2D eigenvalue weighted by Gasteiger charge is -2.17. The normalized spacial score (nSPS) is 11.4. The maximum Gasteiger partial charge on any atom is 0.116 e. The predicted molar refractivity (Wildman–Crippen MR) is 64.0 cm³/mol. The molecule has 0 saturated heterocycles. The van der Waals surface area contributed by atoms with Gasteiger partial charge in [-0.1, -0.05) is 20.8 Å². The summed E-state index contributed by atoms with van der Waals surface area (Å²) in [4.78, 5) is 12.6. The Balaban J connectivity index is 2.45. The minimum absolute atomic E-state index is 0.0463. The topological polar surface area (TPSA) is 38.7 Å². The Kier molecular flexibility index (Phi) is 2.69. The molecule has 0 aliphatic heterocycles. The lowest BCUT2D eigenvalue weighted by atomic mass is 9.91. The summed E-state index contributed by atoms with van der Waals surface area (Å²) in [5.41, 5.74) is 3.12. The summed E-state index contributed by atoms with van der Waals surface area (Å²) in [5, 5.41) is 0. The zero-order valence-corrected chi connectivity index (χ0v) is 9.81. The van der Waals surface area contributed by atoms with Gasteiger partial charge in [0.2, 0.25) is 0 Å². The van der Waals surface area contributed by atoms with Crippen LogP contribution in [0.3, 0.4) is 0 Å². The molecule has 0 amide bonds. The molecule has 0 atom stereocenters. The van der Waals surface area contributed by atoms with Gasteiger partial charge in [-0.15, -0.1) is 0 Å². The van der Waals surface area contributed by atoms with Crippen molar-refractivity contribution in [3.05, 3.63) is 42.6 Å². The van der Waals surface area contributed by atoms with Crippen molar-refractivity contribution in [1.29, 1.82) is 0 Å². The van der Waals surface area contributed by atoms with E-state index in [1.165, 1.54) is 0 Å². The van der Waals surface area contributed by atoms with Gasteiger partial charge in [0.05, 0.1) is 5.69 Å². The molecular formula is C13H15N3. The molecule has 0 bridgehead atoms. The molecule has 0 spiro atoms. The third-order valence-electron chi connectivity index (χ3n) is 2.41. The van der Waals surface area contributed by atoms with Crippen LogP contribution in [0.15, 0.2) is 36.9 Å². The van der Waals surface area contributed by atoms with Crippen LogP contribution in [0.1, 0.15) is 26.5 Å². The zero-order valence-electron chi connectivity index (χ0n) is 9.81. The highest BCUT2D eigenvalue weighted by molar-refractivity contribution is 5.58. The van der Waals surface area contributed by atoms with E-state index in [4.69, 9.17) is 0 Å². The molecular weight excluding hydrogens is 198 g/mol. The van der Waals surface area contributed by atoms with Gasteiger partial charge >= 0.3 is 0 Å². The van der Waals surface area contributed by atoms with Crippen molar-refractivity contribution < 1.29 is 0 Å². The molecule has 0 aliphatic carbocycles. The molecule has 2 rings (SSSR count). The first kappa shape index (κ1) is 10.7. The lowest BCUT2D eigenvalue weighted by Crippen LogP contribution is -2.13. The summed E-state index contributed by atoms with van der Waals surface area (Å²) in [6.07, 6.45) is 5.17. The quantitative estimate of drug-likeness (QED) is 0.731. The Morgan fingerprint density at radius 3 is 2.31 bits per heavy atom. The van der Waals surface area contributed by atoms with Gasteiger partial charge in [-0.2, -0.15) is 0 Å². The minimum Gasteiger partial charge on any atom is -0.265 e. The fraction of sp³-hybridized carbons (Fsp3) is 0.308. The summed E-state index contributed by atoms with van der Waals surface area (Å²) >= 11 is 0. The largest absolute Gasteiger partial charge is 0.265 e. The molecule has 3 nitrogen and oxygen atoms in total. The lowest BCUT2D eigenvalue weighted by molar-refractivity contribution is 0.567. The van der Waals surface area contributed by atoms with Crippen molar-refractivity contribution in [2.45, 2.75) is 26.2 Å². The summed E-state index contributed by atoms with van der Waals surface area (Å²) in [5.74, 6) is 0. The van der Waals surface area contributed by atoms with Crippen LogP contribution in [0.2, 0.25) is 0 Å². The molecule has 0 unspecified atom stereocenters. The van der Waals surface area contributed by atoms with Gasteiger partial charge in [-0.3, -0.25) is 4.98 Å². The number of hydrogen-bond acceptors (Lipinski definition) is 3. The van der Waals surface area contributed by atoms with Crippen LogP contribution in [0.4, 0.5) is 0 Å². The number of aromatic nitrogens is 3. The van der Waals surface area contributed by atoms with E-state index in [-0.39, 0.29) is 5.41 Å². The highest BCUT2D eigenvalue weighted by atomic mass is 14.8. The van der Waals surface area contributed by atoms with Gasteiger partial charge in [0.15, 0.2) is 0 Å². The molecule has 0 radical (unpaired) electrons. The molecule has 0 aliphatic rings. The summed E-state index contributed by atoms with van der Waals surface area (Å²) in [7, 11) is 0. The summed E-state index contributed by atoms with van der Waals surface area (Å²) < 4.78 is 0. The highest BCUT2D eigenvalue weighted by Crippen LogP contribution is 2.23. The van der Waals surface area contributed by atoms with Crippen LogP contribution < -0.4 is 0 Å². The van der Waals surface area contributed by atoms with E-state index < -0.39 is 0 Å². The van der Waals surface area contributed by atoms with Crippen LogP contribution in [0.5, 0.6) is 0 Å². The van der Waals surface area contributed by atoms with Gasteiger partial charge in [0, 0.05) is 29.1 Å². The Hall–Kier alpha value is -1.77. The smallest absolute Gasteiger partial charge is 0.116 e. The van der Waals surface area contributed by atoms with Gasteiger partial charge in [0.1, 0.15) is 6.33 Å². The first-order valence-corrected chi connectivity index (χ1v) is 5.30. The number of nitrogens with zero attached hydrogens (tertiary/aromatic N) is 3. The maximum absolute atomic E-state index is 4.31. The molecule has 3 heteroatoms. The molecule has 2 heterocycles. The second-order valence-electron chi connectivity index (χ2n) is 4.77. The van der Waals surface area contributed by atoms with Gasteiger partial charge in [-0.25, -0.2) is 9.97 Å². The molecule has 0 saturated carbocycles.